The highest BCUT2D eigenvalue weighted by Crippen LogP contribution is 1.41. The highest BCUT2D eigenvalue weighted by Gasteiger charge is 1.34. The van der Waals surface area contributed by atoms with Crippen LogP contribution >= 0.6 is 24.0 Å². The quantitative estimate of drug-likeness (QED) is 0.408. The molecule has 0 aromatic carbocycles. The molecular formula is C3H4IN. The molecular weight excluding hydrogens is 177 g/mol. The van der Waals surface area contributed by atoms with Crippen LogP contribution in [-0.2, 0) is 0 Å². The average Bonchev–Trinajstić information content (AvgIpc) is 1.37. The van der Waals surface area contributed by atoms with Gasteiger partial charge in [-0.3, -0.25) is 0 Å². The molecule has 0 amide bonds. The number of rotatable bonds is 0. The van der Waals surface area contributed by atoms with Crippen LogP contribution in [0.15, 0.2) is 12.7 Å². The molecule has 0 atom stereocenters. The standard InChI is InChI=1S/C3H3N.HI/c1-2-3-4;/h2H,1H2;1H. The van der Waals surface area contributed by atoms with Crippen molar-refractivity contribution in [1.29, 1.82) is 5.26 Å². The van der Waals surface area contributed by atoms with Crippen LogP contribution in [0.4, 0.5) is 0 Å². The van der Waals surface area contributed by atoms with Crippen LogP contribution in [0.3, 0.4) is 0 Å². The molecule has 0 aromatic heterocycles. The van der Waals surface area contributed by atoms with Gasteiger partial charge in [0.15, 0.2) is 0 Å². The Morgan fingerprint density at radius 1 is 1.80 bits per heavy atom. The maximum Gasteiger partial charge on any atom is 0.0905 e. The molecule has 0 radical (unpaired) electrons. The van der Waals surface area contributed by atoms with Crippen LogP contribution in [0.1, 0.15) is 0 Å². The van der Waals surface area contributed by atoms with Crippen molar-refractivity contribution in [3.8, 4) is 6.07 Å². The molecule has 5 heavy (non-hydrogen) atoms. The van der Waals surface area contributed by atoms with Gasteiger partial charge in [-0.05, 0) is 0 Å². The second kappa shape index (κ2) is 9.03. The Bertz CT molecular complexity index is 52.4. The summed E-state index contributed by atoms with van der Waals surface area (Å²) < 4.78 is 0. The van der Waals surface area contributed by atoms with Crippen molar-refractivity contribution in [3.63, 3.8) is 0 Å². The molecule has 2 heteroatoms. The zero-order valence-corrected chi connectivity index (χ0v) is 4.97. The third-order valence-electron chi connectivity index (χ3n) is 0.0913. The third-order valence-corrected chi connectivity index (χ3v) is 0.0913. The van der Waals surface area contributed by atoms with Crippen molar-refractivity contribution < 1.29 is 0 Å². The van der Waals surface area contributed by atoms with Gasteiger partial charge in [-0.2, -0.15) is 5.26 Å². The molecule has 0 saturated heterocycles. The first kappa shape index (κ1) is 8.88. The third kappa shape index (κ3) is 16.5. The number of nitrogens with zero attached hydrogens (tertiary/aromatic N) is 1. The van der Waals surface area contributed by atoms with E-state index < -0.39 is 0 Å². The van der Waals surface area contributed by atoms with Gasteiger partial charge in [0.2, 0.25) is 0 Å². The van der Waals surface area contributed by atoms with Gasteiger partial charge in [-0.25, -0.2) is 0 Å². The summed E-state index contributed by atoms with van der Waals surface area (Å²) in [5, 5.41) is 7.51. The molecule has 0 N–H and O–H groups in total. The number of nitriles is 1. The Labute approximate surface area is 48.3 Å². The molecule has 0 aliphatic heterocycles. The van der Waals surface area contributed by atoms with E-state index in [0.29, 0.717) is 0 Å². The van der Waals surface area contributed by atoms with Crippen molar-refractivity contribution in [1.82, 2.24) is 0 Å². The Morgan fingerprint density at radius 2 is 2.00 bits per heavy atom. The van der Waals surface area contributed by atoms with E-state index in [1.165, 1.54) is 6.08 Å². The number of hydrogen-bond acceptors (Lipinski definition) is 1. The van der Waals surface area contributed by atoms with E-state index >= 15 is 0 Å². The Kier molecular flexibility index (Phi) is 16.0. The minimum absolute atomic E-state index is 0. The molecule has 0 fully saturated rings. The Morgan fingerprint density at radius 3 is 2.00 bits per heavy atom. The second-order valence-corrected chi connectivity index (χ2v) is 0.333. The fraction of sp³-hybridized carbons (Fsp3) is 0. The summed E-state index contributed by atoms with van der Waals surface area (Å²) in [7, 11) is 0. The van der Waals surface area contributed by atoms with Gasteiger partial charge >= 0.3 is 0 Å². The summed E-state index contributed by atoms with van der Waals surface area (Å²) in [5.74, 6) is 0. The summed E-state index contributed by atoms with van der Waals surface area (Å²) in [5.41, 5.74) is 0. The summed E-state index contributed by atoms with van der Waals surface area (Å²) in [4.78, 5) is 0. The van der Waals surface area contributed by atoms with Gasteiger partial charge in [0.05, 0.1) is 6.07 Å². The van der Waals surface area contributed by atoms with Crippen LogP contribution in [-0.4, -0.2) is 0 Å². The fourth-order valence-electron chi connectivity index (χ4n) is 0. The van der Waals surface area contributed by atoms with Crippen molar-refractivity contribution in [2.45, 2.75) is 0 Å². The molecule has 0 rings (SSSR count). The molecule has 0 heterocycles. The van der Waals surface area contributed by atoms with Gasteiger partial charge in [-0.1, -0.05) is 6.58 Å². The van der Waals surface area contributed by atoms with Crippen molar-refractivity contribution in [2.75, 3.05) is 0 Å². The summed E-state index contributed by atoms with van der Waals surface area (Å²) in [6.45, 7) is 3.12. The predicted octanol–water partition coefficient (Wildman–Crippen LogP) is 1.31. The zero-order valence-electron chi connectivity index (χ0n) is 2.64. The van der Waals surface area contributed by atoms with Crippen molar-refractivity contribution in [2.24, 2.45) is 0 Å². The lowest BCUT2D eigenvalue weighted by molar-refractivity contribution is 1.54. The number of allylic oxidation sites excluding steroid dienone is 1. The van der Waals surface area contributed by atoms with E-state index in [0.717, 1.165) is 0 Å². The predicted molar refractivity (Wildman–Crippen MR) is 31.2 cm³/mol. The van der Waals surface area contributed by atoms with Gasteiger partial charge in [0.1, 0.15) is 0 Å². The normalized spacial score (nSPS) is 3.00. The lowest BCUT2D eigenvalue weighted by atomic mass is 10.8. The van der Waals surface area contributed by atoms with Crippen LogP contribution in [0.5, 0.6) is 0 Å². The number of hydrogen-bond donors (Lipinski definition) is 0. The molecule has 0 aliphatic rings. The van der Waals surface area contributed by atoms with E-state index in [1.54, 1.807) is 6.07 Å². The first-order valence-corrected chi connectivity index (χ1v) is 0.921. The van der Waals surface area contributed by atoms with E-state index in [-0.39, 0.29) is 24.0 Å². The van der Waals surface area contributed by atoms with Crippen LogP contribution < -0.4 is 0 Å². The number of halogens is 1. The molecule has 0 bridgehead atoms. The van der Waals surface area contributed by atoms with Gasteiger partial charge in [0, 0.05) is 6.08 Å². The largest absolute Gasteiger partial charge is 0.193 e. The molecule has 0 aromatic rings. The molecule has 0 aliphatic carbocycles. The molecule has 0 saturated carbocycles. The minimum Gasteiger partial charge on any atom is -0.193 e. The first-order valence-electron chi connectivity index (χ1n) is 0.921. The Balaban J connectivity index is 0. The van der Waals surface area contributed by atoms with Gasteiger partial charge < -0.3 is 0 Å². The SMILES string of the molecule is C=CC#N.I. The topological polar surface area (TPSA) is 23.8 Å². The van der Waals surface area contributed by atoms with Crippen LogP contribution in [0, 0.1) is 11.3 Å². The van der Waals surface area contributed by atoms with Crippen molar-refractivity contribution in [3.05, 3.63) is 12.7 Å². The fourth-order valence-corrected chi connectivity index (χ4v) is 0. The molecule has 28 valence electrons. The zero-order chi connectivity index (χ0) is 3.41. The maximum atomic E-state index is 7.51. The molecule has 0 spiro atoms. The lowest BCUT2D eigenvalue weighted by Crippen LogP contribution is -1.23. The van der Waals surface area contributed by atoms with Crippen molar-refractivity contribution >= 4 is 24.0 Å². The molecule has 1 nitrogen and oxygen atoms in total. The minimum atomic E-state index is 0. The summed E-state index contributed by atoms with van der Waals surface area (Å²) in [6, 6.07) is 1.69. The van der Waals surface area contributed by atoms with Crippen LogP contribution in [0.2, 0.25) is 0 Å². The average molecular weight is 181 g/mol. The summed E-state index contributed by atoms with van der Waals surface area (Å²) in [6.07, 6.45) is 1.18. The van der Waals surface area contributed by atoms with E-state index in [2.05, 4.69) is 6.58 Å². The highest BCUT2D eigenvalue weighted by molar-refractivity contribution is 14.0. The lowest BCUT2D eigenvalue weighted by Gasteiger charge is -1.31. The summed E-state index contributed by atoms with van der Waals surface area (Å²) >= 11 is 0. The van der Waals surface area contributed by atoms with E-state index in [9.17, 15) is 0 Å². The van der Waals surface area contributed by atoms with E-state index in [1.807, 2.05) is 0 Å². The molecule has 0 unspecified atom stereocenters. The first-order chi connectivity index (χ1) is 1.91. The Hall–Kier alpha value is -0.0400. The highest BCUT2D eigenvalue weighted by atomic mass is 127. The van der Waals surface area contributed by atoms with Crippen LogP contribution in [0.25, 0.3) is 0 Å². The smallest absolute Gasteiger partial charge is 0.0905 e. The second-order valence-electron chi connectivity index (χ2n) is 0.333. The van der Waals surface area contributed by atoms with E-state index in [4.69, 9.17) is 5.26 Å². The maximum absolute atomic E-state index is 7.51. The monoisotopic (exact) mass is 181 g/mol. The van der Waals surface area contributed by atoms with Gasteiger partial charge in [0.25, 0.3) is 0 Å². The van der Waals surface area contributed by atoms with Gasteiger partial charge in [-0.15, -0.1) is 24.0 Å².